The average Bonchev–Trinajstić information content (AvgIpc) is 3.53. The van der Waals surface area contributed by atoms with Gasteiger partial charge in [-0.1, -0.05) is 23.7 Å². The maximum absolute atomic E-state index is 13.5. The molecule has 0 spiro atoms. The minimum atomic E-state index is -0.171. The first-order valence-corrected chi connectivity index (χ1v) is 11.7. The SMILES string of the molecule is CCN(Cc1cnc(CO)c2cn[nH]c12)C(=O)c1ccc(-c2cccc(Cl)c2)c(OC2CC2)c1. The zero-order valence-corrected chi connectivity index (χ0v) is 19.5. The van der Waals surface area contributed by atoms with Crippen molar-refractivity contribution in [3.63, 3.8) is 0 Å². The lowest BCUT2D eigenvalue weighted by molar-refractivity contribution is 0.0752. The Morgan fingerprint density at radius 3 is 2.82 bits per heavy atom. The minimum Gasteiger partial charge on any atom is -0.490 e. The molecular weight excluding hydrogens is 452 g/mol. The number of hydrogen-bond acceptors (Lipinski definition) is 5. The van der Waals surface area contributed by atoms with Gasteiger partial charge >= 0.3 is 0 Å². The number of pyridine rings is 1. The van der Waals surface area contributed by atoms with Crippen molar-refractivity contribution in [3.05, 3.63) is 76.7 Å². The van der Waals surface area contributed by atoms with Gasteiger partial charge in [0.15, 0.2) is 0 Å². The van der Waals surface area contributed by atoms with Gasteiger partial charge in [0.2, 0.25) is 0 Å². The standard InChI is InChI=1S/C26H25ClN4O3/c1-2-31(14-18-12-28-23(15-32)22-13-29-30-25(18)22)26(33)17-6-9-21(16-4-3-5-19(27)10-16)24(11-17)34-20-7-8-20/h3-6,9-13,20,32H,2,7-8,14-15H2,1H3,(H,29,30). The molecule has 0 aliphatic heterocycles. The number of aliphatic hydroxyl groups is 1. The quantitative estimate of drug-likeness (QED) is 0.374. The Balaban J connectivity index is 1.45. The molecule has 0 saturated heterocycles. The summed E-state index contributed by atoms with van der Waals surface area (Å²) in [5.41, 5.74) is 4.59. The summed E-state index contributed by atoms with van der Waals surface area (Å²) in [4.78, 5) is 19.6. The van der Waals surface area contributed by atoms with E-state index >= 15 is 0 Å². The molecule has 8 heteroatoms. The number of amides is 1. The van der Waals surface area contributed by atoms with Crippen molar-refractivity contribution in [2.45, 2.75) is 39.0 Å². The number of aromatic nitrogens is 3. The highest BCUT2D eigenvalue weighted by molar-refractivity contribution is 6.30. The van der Waals surface area contributed by atoms with E-state index in [1.165, 1.54) is 0 Å². The smallest absolute Gasteiger partial charge is 0.254 e. The number of ether oxygens (including phenoxy) is 1. The van der Waals surface area contributed by atoms with Crippen LogP contribution in [0.3, 0.4) is 0 Å². The van der Waals surface area contributed by atoms with Crippen molar-refractivity contribution in [3.8, 4) is 16.9 Å². The predicted molar refractivity (Wildman–Crippen MR) is 131 cm³/mol. The van der Waals surface area contributed by atoms with E-state index in [-0.39, 0.29) is 18.6 Å². The Morgan fingerprint density at radius 2 is 2.09 bits per heavy atom. The number of H-pyrrole nitrogens is 1. The van der Waals surface area contributed by atoms with Gasteiger partial charge in [0.25, 0.3) is 5.91 Å². The summed E-state index contributed by atoms with van der Waals surface area (Å²) in [5, 5.41) is 18.0. The molecule has 1 amide bonds. The molecule has 7 nitrogen and oxygen atoms in total. The number of halogens is 1. The van der Waals surface area contributed by atoms with Crippen LogP contribution in [0.4, 0.5) is 0 Å². The second-order valence-corrected chi connectivity index (χ2v) is 8.84. The van der Waals surface area contributed by atoms with Crippen LogP contribution in [0.5, 0.6) is 5.75 Å². The van der Waals surface area contributed by atoms with Crippen molar-refractivity contribution >= 4 is 28.4 Å². The van der Waals surface area contributed by atoms with Gasteiger partial charge in [-0.2, -0.15) is 5.10 Å². The number of nitrogens with one attached hydrogen (secondary N) is 1. The third-order valence-corrected chi connectivity index (χ3v) is 6.24. The van der Waals surface area contributed by atoms with Gasteiger partial charge in [0, 0.05) is 46.4 Å². The predicted octanol–water partition coefficient (Wildman–Crippen LogP) is 4.97. The number of aliphatic hydroxyl groups excluding tert-OH is 1. The summed E-state index contributed by atoms with van der Waals surface area (Å²) >= 11 is 6.21. The Kier molecular flexibility index (Phi) is 6.22. The molecule has 5 rings (SSSR count). The fourth-order valence-corrected chi connectivity index (χ4v) is 4.20. The number of hydrogen-bond donors (Lipinski definition) is 2. The fourth-order valence-electron chi connectivity index (χ4n) is 4.01. The van der Waals surface area contributed by atoms with Gasteiger partial charge in [-0.05, 0) is 55.7 Å². The summed E-state index contributed by atoms with van der Waals surface area (Å²) in [6.07, 6.45) is 5.56. The van der Waals surface area contributed by atoms with Crippen LogP contribution in [-0.4, -0.2) is 43.7 Å². The first kappa shape index (κ1) is 22.4. The molecule has 0 atom stereocenters. The van der Waals surface area contributed by atoms with E-state index in [0.717, 1.165) is 40.4 Å². The summed E-state index contributed by atoms with van der Waals surface area (Å²) in [6.45, 7) is 2.65. The van der Waals surface area contributed by atoms with Gasteiger partial charge in [-0.25, -0.2) is 0 Å². The van der Waals surface area contributed by atoms with Crippen LogP contribution >= 0.6 is 11.6 Å². The largest absolute Gasteiger partial charge is 0.490 e. The number of nitrogens with zero attached hydrogens (tertiary/aromatic N) is 3. The maximum Gasteiger partial charge on any atom is 0.254 e. The molecule has 0 radical (unpaired) electrons. The van der Waals surface area contributed by atoms with E-state index in [0.29, 0.717) is 35.1 Å². The molecule has 4 aromatic rings. The molecule has 1 aliphatic rings. The molecule has 1 aliphatic carbocycles. The summed E-state index contributed by atoms with van der Waals surface area (Å²) < 4.78 is 6.19. The van der Waals surface area contributed by atoms with E-state index in [9.17, 15) is 9.90 Å². The molecule has 0 bridgehead atoms. The van der Waals surface area contributed by atoms with Crippen molar-refractivity contribution in [2.75, 3.05) is 6.54 Å². The van der Waals surface area contributed by atoms with Crippen LogP contribution in [0.2, 0.25) is 5.02 Å². The third kappa shape index (κ3) is 4.49. The van der Waals surface area contributed by atoms with Gasteiger partial charge in [-0.3, -0.25) is 14.9 Å². The molecule has 34 heavy (non-hydrogen) atoms. The van der Waals surface area contributed by atoms with Crippen LogP contribution in [-0.2, 0) is 13.2 Å². The Bertz CT molecular complexity index is 1350. The zero-order valence-electron chi connectivity index (χ0n) is 18.8. The van der Waals surface area contributed by atoms with E-state index in [4.69, 9.17) is 16.3 Å². The monoisotopic (exact) mass is 476 g/mol. The minimum absolute atomic E-state index is 0.0975. The molecule has 1 fully saturated rings. The number of carbonyl (C=O) groups is 1. The van der Waals surface area contributed by atoms with Crippen molar-refractivity contribution < 1.29 is 14.6 Å². The van der Waals surface area contributed by atoms with Gasteiger partial charge < -0.3 is 14.7 Å². The van der Waals surface area contributed by atoms with Crippen LogP contribution in [0.15, 0.2) is 54.9 Å². The highest BCUT2D eigenvalue weighted by atomic mass is 35.5. The number of rotatable bonds is 8. The third-order valence-electron chi connectivity index (χ3n) is 6.01. The van der Waals surface area contributed by atoms with Gasteiger partial charge in [0.05, 0.1) is 30.1 Å². The Hall–Kier alpha value is -3.42. The van der Waals surface area contributed by atoms with Crippen LogP contribution in [0.25, 0.3) is 22.0 Å². The van der Waals surface area contributed by atoms with Gasteiger partial charge in [0.1, 0.15) is 5.75 Å². The molecule has 2 aromatic heterocycles. The second kappa shape index (κ2) is 9.44. The van der Waals surface area contributed by atoms with E-state index in [2.05, 4.69) is 15.2 Å². The maximum atomic E-state index is 13.5. The van der Waals surface area contributed by atoms with Crippen LogP contribution in [0, 0.1) is 0 Å². The summed E-state index contributed by atoms with van der Waals surface area (Å²) in [6, 6.07) is 13.2. The average molecular weight is 477 g/mol. The summed E-state index contributed by atoms with van der Waals surface area (Å²) in [5.74, 6) is 0.594. The molecular formula is C26H25ClN4O3. The Labute approximate surface area is 202 Å². The van der Waals surface area contributed by atoms with Crippen molar-refractivity contribution in [1.29, 1.82) is 0 Å². The first-order valence-electron chi connectivity index (χ1n) is 11.3. The molecule has 1 saturated carbocycles. The molecule has 2 heterocycles. The van der Waals surface area contributed by atoms with Crippen molar-refractivity contribution in [2.24, 2.45) is 0 Å². The van der Waals surface area contributed by atoms with Crippen LogP contribution < -0.4 is 4.74 Å². The lowest BCUT2D eigenvalue weighted by Gasteiger charge is -2.22. The Morgan fingerprint density at radius 1 is 1.24 bits per heavy atom. The van der Waals surface area contributed by atoms with Crippen molar-refractivity contribution in [1.82, 2.24) is 20.1 Å². The fraction of sp³-hybridized carbons (Fsp3) is 0.269. The first-order chi connectivity index (χ1) is 16.6. The number of fused-ring (bicyclic) bond motifs is 1. The number of benzene rings is 2. The normalized spacial score (nSPS) is 13.3. The molecule has 2 N–H and O–H groups in total. The number of aromatic amines is 1. The lowest BCUT2D eigenvalue weighted by atomic mass is 10.0. The second-order valence-electron chi connectivity index (χ2n) is 8.40. The van der Waals surface area contributed by atoms with E-state index in [1.807, 2.05) is 49.4 Å². The van der Waals surface area contributed by atoms with Gasteiger partial charge in [-0.15, -0.1) is 0 Å². The molecule has 0 unspecified atom stereocenters. The lowest BCUT2D eigenvalue weighted by Crippen LogP contribution is -2.30. The van der Waals surface area contributed by atoms with Crippen LogP contribution in [0.1, 0.15) is 41.4 Å². The highest BCUT2D eigenvalue weighted by Crippen LogP contribution is 2.37. The topological polar surface area (TPSA) is 91.3 Å². The zero-order chi connectivity index (χ0) is 23.7. The number of carbonyl (C=O) groups excluding carboxylic acids is 1. The summed E-state index contributed by atoms with van der Waals surface area (Å²) in [7, 11) is 0. The van der Waals surface area contributed by atoms with E-state index < -0.39 is 0 Å². The highest BCUT2D eigenvalue weighted by Gasteiger charge is 2.26. The molecule has 174 valence electrons. The molecule has 2 aromatic carbocycles. The van der Waals surface area contributed by atoms with E-state index in [1.54, 1.807) is 17.3 Å².